The van der Waals surface area contributed by atoms with Gasteiger partial charge in [-0.05, 0) is 49.0 Å². The lowest BCUT2D eigenvalue weighted by Gasteiger charge is -2.38. The average molecular weight is 257 g/mol. The standard InChI is InChI=1S/C11H17BrN2/c1-3-9(12)8-14-10(4-2)11(13)6-5-7-11/h3-4,8H,5-7,13H2,1-2H3/b9-3+,10-4?,14-8-. The Bertz CT molecular complexity index is 286. The van der Waals surface area contributed by atoms with Crippen molar-refractivity contribution in [2.45, 2.75) is 38.6 Å². The van der Waals surface area contributed by atoms with Crippen molar-refractivity contribution in [2.24, 2.45) is 10.7 Å². The summed E-state index contributed by atoms with van der Waals surface area (Å²) in [5.74, 6) is 0. The van der Waals surface area contributed by atoms with E-state index in [1.54, 1.807) is 0 Å². The van der Waals surface area contributed by atoms with E-state index in [0.29, 0.717) is 0 Å². The lowest BCUT2D eigenvalue weighted by molar-refractivity contribution is 0.296. The quantitative estimate of drug-likeness (QED) is 0.775. The summed E-state index contributed by atoms with van der Waals surface area (Å²) in [4.78, 5) is 4.40. The third-order valence-corrected chi connectivity index (χ3v) is 3.29. The van der Waals surface area contributed by atoms with Crippen LogP contribution in [0, 0.1) is 0 Å². The van der Waals surface area contributed by atoms with Crippen LogP contribution in [-0.4, -0.2) is 11.8 Å². The lowest BCUT2D eigenvalue weighted by Crippen LogP contribution is -2.47. The number of hydrogen-bond acceptors (Lipinski definition) is 2. The van der Waals surface area contributed by atoms with Crippen LogP contribution >= 0.6 is 15.9 Å². The van der Waals surface area contributed by atoms with Gasteiger partial charge in [0.05, 0.1) is 11.2 Å². The van der Waals surface area contributed by atoms with Crippen molar-refractivity contribution in [3.63, 3.8) is 0 Å². The molecule has 3 heteroatoms. The Morgan fingerprint density at radius 3 is 2.36 bits per heavy atom. The van der Waals surface area contributed by atoms with Gasteiger partial charge in [0.1, 0.15) is 0 Å². The molecule has 0 heterocycles. The van der Waals surface area contributed by atoms with Crippen LogP contribution in [0.3, 0.4) is 0 Å². The van der Waals surface area contributed by atoms with Crippen molar-refractivity contribution in [1.82, 2.24) is 0 Å². The molecular formula is C11H17BrN2. The minimum Gasteiger partial charge on any atom is -0.320 e. The van der Waals surface area contributed by atoms with Gasteiger partial charge in [0.15, 0.2) is 0 Å². The first kappa shape index (κ1) is 11.7. The van der Waals surface area contributed by atoms with E-state index < -0.39 is 0 Å². The van der Waals surface area contributed by atoms with Gasteiger partial charge >= 0.3 is 0 Å². The van der Waals surface area contributed by atoms with Crippen molar-refractivity contribution >= 4 is 22.1 Å². The van der Waals surface area contributed by atoms with Crippen molar-refractivity contribution in [2.75, 3.05) is 0 Å². The highest BCUT2D eigenvalue weighted by molar-refractivity contribution is 9.12. The average Bonchev–Trinajstić information content (AvgIpc) is 2.15. The van der Waals surface area contributed by atoms with Crippen LogP contribution in [0.5, 0.6) is 0 Å². The van der Waals surface area contributed by atoms with Gasteiger partial charge in [0, 0.05) is 10.7 Å². The third-order valence-electron chi connectivity index (χ3n) is 2.63. The second-order valence-corrected chi connectivity index (χ2v) is 4.53. The van der Waals surface area contributed by atoms with E-state index in [1.807, 2.05) is 32.2 Å². The van der Waals surface area contributed by atoms with Crippen LogP contribution in [0.4, 0.5) is 0 Å². The number of halogens is 1. The van der Waals surface area contributed by atoms with E-state index >= 15 is 0 Å². The number of aliphatic imine (C=N–C) groups is 1. The van der Waals surface area contributed by atoms with E-state index in [-0.39, 0.29) is 5.54 Å². The highest BCUT2D eigenvalue weighted by Crippen LogP contribution is 2.36. The SMILES string of the molecule is CC=C(/N=C\C(Br)=C/C)C1(N)CCC1. The first-order valence-corrected chi connectivity index (χ1v) is 5.73. The fourth-order valence-electron chi connectivity index (χ4n) is 1.51. The smallest absolute Gasteiger partial charge is 0.0580 e. The molecule has 0 aromatic rings. The molecule has 0 saturated heterocycles. The molecule has 0 aliphatic heterocycles. The molecule has 1 rings (SSSR count). The normalized spacial score (nSPS) is 22.6. The molecule has 1 aliphatic carbocycles. The van der Waals surface area contributed by atoms with Crippen LogP contribution in [0.15, 0.2) is 27.3 Å². The van der Waals surface area contributed by atoms with Crippen molar-refractivity contribution in [1.29, 1.82) is 0 Å². The van der Waals surface area contributed by atoms with Crippen molar-refractivity contribution < 1.29 is 0 Å². The summed E-state index contributed by atoms with van der Waals surface area (Å²) in [5.41, 5.74) is 7.01. The van der Waals surface area contributed by atoms with Gasteiger partial charge < -0.3 is 5.73 Å². The Labute approximate surface area is 94.1 Å². The van der Waals surface area contributed by atoms with E-state index in [2.05, 4.69) is 20.9 Å². The topological polar surface area (TPSA) is 38.4 Å². The predicted octanol–water partition coefficient (Wildman–Crippen LogP) is 3.14. The monoisotopic (exact) mass is 256 g/mol. The maximum atomic E-state index is 6.17. The lowest BCUT2D eigenvalue weighted by atomic mass is 9.75. The van der Waals surface area contributed by atoms with Gasteiger partial charge in [-0.15, -0.1) is 0 Å². The van der Waals surface area contributed by atoms with Gasteiger partial charge in [0.2, 0.25) is 0 Å². The van der Waals surface area contributed by atoms with Crippen LogP contribution in [0.1, 0.15) is 33.1 Å². The van der Waals surface area contributed by atoms with Crippen molar-refractivity contribution in [3.05, 3.63) is 22.3 Å². The Morgan fingerprint density at radius 1 is 1.36 bits per heavy atom. The number of rotatable bonds is 3. The van der Waals surface area contributed by atoms with Crippen molar-refractivity contribution in [3.8, 4) is 0 Å². The largest absolute Gasteiger partial charge is 0.320 e. The first-order valence-electron chi connectivity index (χ1n) is 4.94. The number of nitrogens with zero attached hydrogens (tertiary/aromatic N) is 1. The summed E-state index contributed by atoms with van der Waals surface area (Å²) in [6, 6.07) is 0. The van der Waals surface area contributed by atoms with Gasteiger partial charge in [0.25, 0.3) is 0 Å². The summed E-state index contributed by atoms with van der Waals surface area (Å²) in [5, 5.41) is 0. The Balaban J connectivity index is 2.70. The van der Waals surface area contributed by atoms with E-state index in [4.69, 9.17) is 5.73 Å². The molecule has 0 aromatic heterocycles. The minimum absolute atomic E-state index is 0.160. The molecule has 0 unspecified atom stereocenters. The fourth-order valence-corrected chi connectivity index (χ4v) is 1.61. The molecule has 2 nitrogen and oxygen atoms in total. The summed E-state index contributed by atoms with van der Waals surface area (Å²) in [6.07, 6.45) is 9.09. The van der Waals surface area contributed by atoms with Gasteiger partial charge in [-0.2, -0.15) is 0 Å². The predicted molar refractivity (Wildman–Crippen MR) is 65.7 cm³/mol. The van der Waals surface area contributed by atoms with Crippen LogP contribution < -0.4 is 5.73 Å². The van der Waals surface area contributed by atoms with E-state index in [1.165, 1.54) is 6.42 Å². The minimum atomic E-state index is -0.160. The number of nitrogens with two attached hydrogens (primary N) is 1. The zero-order valence-electron chi connectivity index (χ0n) is 8.76. The van der Waals surface area contributed by atoms with Crippen LogP contribution in [0.2, 0.25) is 0 Å². The molecule has 78 valence electrons. The van der Waals surface area contributed by atoms with Gasteiger partial charge in [-0.1, -0.05) is 12.2 Å². The summed E-state index contributed by atoms with van der Waals surface area (Å²) < 4.78 is 0.986. The maximum Gasteiger partial charge on any atom is 0.0580 e. The van der Waals surface area contributed by atoms with E-state index in [9.17, 15) is 0 Å². The third kappa shape index (κ3) is 2.55. The molecule has 2 N–H and O–H groups in total. The second kappa shape index (κ2) is 4.89. The fraction of sp³-hybridized carbons (Fsp3) is 0.545. The zero-order valence-corrected chi connectivity index (χ0v) is 10.3. The second-order valence-electron chi connectivity index (χ2n) is 3.62. The Morgan fingerprint density at radius 2 is 2.00 bits per heavy atom. The van der Waals surface area contributed by atoms with Crippen LogP contribution in [-0.2, 0) is 0 Å². The van der Waals surface area contributed by atoms with Gasteiger partial charge in [-0.25, -0.2) is 0 Å². The molecule has 0 spiro atoms. The molecule has 0 radical (unpaired) electrons. The zero-order chi connectivity index (χ0) is 10.6. The maximum absolute atomic E-state index is 6.17. The highest BCUT2D eigenvalue weighted by Gasteiger charge is 2.35. The molecule has 0 bridgehead atoms. The molecule has 14 heavy (non-hydrogen) atoms. The Kier molecular flexibility index (Phi) is 4.08. The van der Waals surface area contributed by atoms with Crippen LogP contribution in [0.25, 0.3) is 0 Å². The Hall–Kier alpha value is -0.410. The number of allylic oxidation sites excluding steroid dienone is 3. The summed E-state index contributed by atoms with van der Waals surface area (Å²) in [7, 11) is 0. The number of hydrogen-bond donors (Lipinski definition) is 1. The summed E-state index contributed by atoms with van der Waals surface area (Å²) in [6.45, 7) is 3.95. The molecule has 0 atom stereocenters. The molecular weight excluding hydrogens is 240 g/mol. The molecule has 0 amide bonds. The molecule has 0 aromatic carbocycles. The molecule has 1 aliphatic rings. The molecule has 1 saturated carbocycles. The summed E-state index contributed by atoms with van der Waals surface area (Å²) >= 11 is 3.38. The highest BCUT2D eigenvalue weighted by atomic mass is 79.9. The first-order chi connectivity index (χ1) is 6.62. The molecule has 1 fully saturated rings. The van der Waals surface area contributed by atoms with E-state index in [0.717, 1.165) is 23.0 Å². The van der Waals surface area contributed by atoms with Gasteiger partial charge in [-0.3, -0.25) is 4.99 Å².